The van der Waals surface area contributed by atoms with Gasteiger partial charge in [-0.25, -0.2) is 9.97 Å². The van der Waals surface area contributed by atoms with Crippen molar-refractivity contribution in [3.8, 4) is 22.8 Å². The van der Waals surface area contributed by atoms with Crippen molar-refractivity contribution >= 4 is 28.2 Å². The summed E-state index contributed by atoms with van der Waals surface area (Å²) in [5.41, 5.74) is 3.01. The van der Waals surface area contributed by atoms with Crippen LogP contribution in [0.4, 0.5) is 17.3 Å². The molecule has 0 amide bonds. The number of para-hydroxylation sites is 1. The minimum Gasteiger partial charge on any atom is -0.494 e. The van der Waals surface area contributed by atoms with Gasteiger partial charge in [0.25, 0.3) is 0 Å². The van der Waals surface area contributed by atoms with E-state index in [0.29, 0.717) is 30.5 Å². The normalized spacial score (nSPS) is 14.5. The molecular weight excluding hydrogens is 486 g/mol. The number of nitrogens with zero attached hydrogens (tertiary/aromatic N) is 6. The number of hydrogen-bond donors (Lipinski definition) is 1. The fourth-order valence-corrected chi connectivity index (χ4v) is 4.67. The van der Waals surface area contributed by atoms with E-state index in [4.69, 9.17) is 9.47 Å². The minimum absolute atomic E-state index is 0.156. The maximum Gasteiger partial charge on any atom is 0.313 e. The summed E-state index contributed by atoms with van der Waals surface area (Å²) in [5.74, 6) is 0.855. The zero-order chi connectivity index (χ0) is 26.6. The molecule has 4 aromatic rings. The summed E-state index contributed by atoms with van der Waals surface area (Å²) in [6.07, 6.45) is 3.68. The number of aryl methyl sites for hydroxylation is 1. The number of nitro groups is 1. The van der Waals surface area contributed by atoms with E-state index in [0.717, 1.165) is 48.3 Å². The Morgan fingerprint density at radius 2 is 1.87 bits per heavy atom. The second kappa shape index (κ2) is 11.0. The highest BCUT2D eigenvalue weighted by Gasteiger charge is 2.22. The molecule has 0 radical (unpaired) electrons. The van der Waals surface area contributed by atoms with Crippen molar-refractivity contribution in [2.45, 2.75) is 0 Å². The van der Waals surface area contributed by atoms with Crippen molar-refractivity contribution in [2.24, 2.45) is 7.05 Å². The Kier molecular flexibility index (Phi) is 7.38. The molecule has 0 bridgehead atoms. The van der Waals surface area contributed by atoms with Crippen molar-refractivity contribution < 1.29 is 14.4 Å². The third kappa shape index (κ3) is 5.38. The van der Waals surface area contributed by atoms with Gasteiger partial charge in [0.15, 0.2) is 0 Å². The number of fused-ring (bicyclic) bond motifs is 1. The molecule has 1 N–H and O–H groups in total. The van der Waals surface area contributed by atoms with Crippen LogP contribution in [0.25, 0.3) is 22.2 Å². The molecule has 11 nitrogen and oxygen atoms in total. The van der Waals surface area contributed by atoms with E-state index in [9.17, 15) is 10.1 Å². The standard InChI is InChI=1S/C27H31N7O4/c1-31-10-12-33(13-11-31)14-15-38-26-17-25(37-3)22(16-24(26)34(35)36)30-27-28-9-8-21(29-27)20-18-32(2)23-7-5-4-6-19(20)23/h4-9,16-18H,10-15H2,1-3H3,(H,28,29,30). The van der Waals surface area contributed by atoms with Gasteiger partial charge in [0.1, 0.15) is 12.4 Å². The third-order valence-electron chi connectivity index (χ3n) is 6.81. The van der Waals surface area contributed by atoms with Gasteiger partial charge in [-0.05, 0) is 19.2 Å². The number of piperazine rings is 1. The SMILES string of the molecule is COc1cc(OCCN2CCN(C)CC2)c([N+](=O)[O-])cc1Nc1nccc(-c2cn(C)c3ccccc23)n1. The van der Waals surface area contributed by atoms with Gasteiger partial charge in [0, 0.05) is 80.8 Å². The Bertz CT molecular complexity index is 1450. The lowest BCUT2D eigenvalue weighted by Crippen LogP contribution is -2.45. The predicted octanol–water partition coefficient (Wildman–Crippen LogP) is 3.92. The summed E-state index contributed by atoms with van der Waals surface area (Å²) in [5, 5.41) is 16.1. The molecule has 2 aromatic heterocycles. The first-order valence-electron chi connectivity index (χ1n) is 12.5. The first kappa shape index (κ1) is 25.4. The van der Waals surface area contributed by atoms with E-state index < -0.39 is 4.92 Å². The summed E-state index contributed by atoms with van der Waals surface area (Å²) in [6.45, 7) is 4.94. The van der Waals surface area contributed by atoms with Crippen LogP contribution in [-0.2, 0) is 7.05 Å². The van der Waals surface area contributed by atoms with E-state index in [1.165, 1.54) is 13.2 Å². The molecule has 2 aromatic carbocycles. The summed E-state index contributed by atoms with van der Waals surface area (Å²) < 4.78 is 13.4. The molecule has 1 fully saturated rings. The van der Waals surface area contributed by atoms with Crippen molar-refractivity contribution in [1.82, 2.24) is 24.3 Å². The Hall–Kier alpha value is -4.22. The monoisotopic (exact) mass is 517 g/mol. The molecule has 1 aliphatic rings. The van der Waals surface area contributed by atoms with Crippen molar-refractivity contribution in [3.63, 3.8) is 0 Å². The molecule has 11 heteroatoms. The number of benzene rings is 2. The van der Waals surface area contributed by atoms with Crippen LogP contribution >= 0.6 is 0 Å². The first-order chi connectivity index (χ1) is 18.4. The Morgan fingerprint density at radius 1 is 1.08 bits per heavy atom. The summed E-state index contributed by atoms with van der Waals surface area (Å²) in [7, 11) is 5.60. The van der Waals surface area contributed by atoms with Gasteiger partial charge in [0.05, 0.1) is 23.4 Å². The molecule has 5 rings (SSSR count). The number of ether oxygens (including phenoxy) is 2. The number of aromatic nitrogens is 3. The highest BCUT2D eigenvalue weighted by Crippen LogP contribution is 2.39. The van der Waals surface area contributed by atoms with Crippen LogP contribution in [0.2, 0.25) is 0 Å². The largest absolute Gasteiger partial charge is 0.494 e. The predicted molar refractivity (Wildman–Crippen MR) is 146 cm³/mol. The van der Waals surface area contributed by atoms with Crippen LogP contribution < -0.4 is 14.8 Å². The lowest BCUT2D eigenvalue weighted by molar-refractivity contribution is -0.385. The summed E-state index contributed by atoms with van der Waals surface area (Å²) >= 11 is 0. The molecule has 0 aliphatic carbocycles. The van der Waals surface area contributed by atoms with Gasteiger partial charge in [-0.1, -0.05) is 18.2 Å². The van der Waals surface area contributed by atoms with Gasteiger partial charge >= 0.3 is 5.69 Å². The number of anilines is 2. The second-order valence-corrected chi connectivity index (χ2v) is 9.33. The molecule has 0 unspecified atom stereocenters. The summed E-state index contributed by atoms with van der Waals surface area (Å²) in [6, 6.07) is 12.9. The number of hydrogen-bond acceptors (Lipinski definition) is 9. The molecule has 0 atom stereocenters. The number of nitro benzene ring substituents is 1. The minimum atomic E-state index is -0.455. The highest BCUT2D eigenvalue weighted by atomic mass is 16.6. The fraction of sp³-hybridized carbons (Fsp3) is 0.333. The van der Waals surface area contributed by atoms with Gasteiger partial charge in [0.2, 0.25) is 11.7 Å². The maximum atomic E-state index is 11.9. The van der Waals surface area contributed by atoms with Crippen LogP contribution in [0.15, 0.2) is 54.9 Å². The first-order valence-corrected chi connectivity index (χ1v) is 12.5. The Morgan fingerprint density at radius 3 is 2.63 bits per heavy atom. The lowest BCUT2D eigenvalue weighted by atomic mass is 10.1. The third-order valence-corrected chi connectivity index (χ3v) is 6.81. The molecule has 0 saturated carbocycles. The lowest BCUT2D eigenvalue weighted by Gasteiger charge is -2.32. The van der Waals surface area contributed by atoms with Crippen LogP contribution in [0.3, 0.4) is 0 Å². The Balaban J connectivity index is 1.37. The van der Waals surface area contributed by atoms with Crippen LogP contribution in [0.5, 0.6) is 11.5 Å². The number of nitrogens with one attached hydrogen (secondary N) is 1. The van der Waals surface area contributed by atoms with E-state index in [2.05, 4.69) is 48.8 Å². The van der Waals surface area contributed by atoms with Crippen molar-refractivity contribution in [3.05, 3.63) is 65.0 Å². The molecular formula is C27H31N7O4. The molecule has 1 aliphatic heterocycles. The van der Waals surface area contributed by atoms with Gasteiger partial charge < -0.3 is 24.3 Å². The summed E-state index contributed by atoms with van der Waals surface area (Å²) in [4.78, 5) is 25.0. The average molecular weight is 518 g/mol. The van der Waals surface area contributed by atoms with Crippen molar-refractivity contribution in [1.29, 1.82) is 0 Å². The second-order valence-electron chi connectivity index (χ2n) is 9.33. The average Bonchev–Trinajstić information content (AvgIpc) is 3.27. The molecule has 198 valence electrons. The number of likely N-dealkylation sites (N-methyl/N-ethyl adjacent to an activating group) is 1. The van der Waals surface area contributed by atoms with E-state index in [1.807, 2.05) is 31.4 Å². The number of methoxy groups -OCH3 is 1. The maximum absolute atomic E-state index is 11.9. The van der Waals surface area contributed by atoms with Crippen LogP contribution in [0, 0.1) is 10.1 Å². The zero-order valence-electron chi connectivity index (χ0n) is 21.8. The fourth-order valence-electron chi connectivity index (χ4n) is 4.67. The van der Waals surface area contributed by atoms with E-state index >= 15 is 0 Å². The number of rotatable bonds is 9. The zero-order valence-corrected chi connectivity index (χ0v) is 21.8. The van der Waals surface area contributed by atoms with Crippen LogP contribution in [-0.4, -0.2) is 82.7 Å². The molecule has 3 heterocycles. The van der Waals surface area contributed by atoms with E-state index in [-0.39, 0.29) is 11.4 Å². The molecule has 1 saturated heterocycles. The van der Waals surface area contributed by atoms with Crippen LogP contribution in [0.1, 0.15) is 0 Å². The quantitative estimate of drug-likeness (QED) is 0.261. The highest BCUT2D eigenvalue weighted by molar-refractivity contribution is 5.95. The van der Waals surface area contributed by atoms with Gasteiger partial charge in [-0.15, -0.1) is 0 Å². The van der Waals surface area contributed by atoms with Gasteiger partial charge in [-0.3, -0.25) is 15.0 Å². The smallest absolute Gasteiger partial charge is 0.313 e. The molecule has 0 spiro atoms. The van der Waals surface area contributed by atoms with Crippen molar-refractivity contribution in [2.75, 3.05) is 58.8 Å². The topological polar surface area (TPSA) is 111 Å². The Labute approximate surface area is 220 Å². The van der Waals surface area contributed by atoms with E-state index in [1.54, 1.807) is 12.3 Å². The van der Waals surface area contributed by atoms with Gasteiger partial charge in [-0.2, -0.15) is 0 Å². The molecule has 38 heavy (non-hydrogen) atoms.